The molecular formula is C12H17N3O3. The molecule has 0 spiro atoms. The first-order valence-corrected chi connectivity index (χ1v) is 5.66. The Kier molecular flexibility index (Phi) is 4.36. The van der Waals surface area contributed by atoms with E-state index in [4.69, 9.17) is 5.11 Å². The quantitative estimate of drug-likeness (QED) is 0.575. The summed E-state index contributed by atoms with van der Waals surface area (Å²) in [7, 11) is 0. The first kappa shape index (κ1) is 14.1. The van der Waals surface area contributed by atoms with Crippen molar-refractivity contribution in [2.24, 2.45) is 10.2 Å². The van der Waals surface area contributed by atoms with Crippen LogP contribution in [0.1, 0.15) is 27.2 Å². The normalized spacial score (nSPS) is 22.8. The minimum absolute atomic E-state index is 0.232. The van der Waals surface area contributed by atoms with Gasteiger partial charge in [0.1, 0.15) is 0 Å². The average Bonchev–Trinajstić information content (AvgIpc) is 2.65. The molecule has 1 amide bonds. The molecule has 1 heterocycles. The maximum Gasteiger partial charge on any atom is 0.330 e. The lowest BCUT2D eigenvalue weighted by atomic mass is 10.0. The monoisotopic (exact) mass is 251 g/mol. The van der Waals surface area contributed by atoms with Gasteiger partial charge in [-0.3, -0.25) is 4.79 Å². The van der Waals surface area contributed by atoms with Gasteiger partial charge in [0.25, 0.3) is 5.91 Å². The highest BCUT2D eigenvalue weighted by Gasteiger charge is 2.33. The summed E-state index contributed by atoms with van der Waals surface area (Å²) in [4.78, 5) is 22.4. The number of carbonyl (C=O) groups excluding carboxylic acids is 1. The van der Waals surface area contributed by atoms with Crippen molar-refractivity contribution in [3.63, 3.8) is 0 Å². The van der Waals surface area contributed by atoms with Crippen LogP contribution in [0.2, 0.25) is 0 Å². The fraction of sp³-hybridized carbons (Fsp3) is 0.500. The van der Waals surface area contributed by atoms with Crippen LogP contribution in [0.3, 0.4) is 0 Å². The van der Waals surface area contributed by atoms with E-state index in [0.29, 0.717) is 18.7 Å². The van der Waals surface area contributed by atoms with E-state index in [1.807, 2.05) is 0 Å². The van der Waals surface area contributed by atoms with Gasteiger partial charge in [-0.15, -0.1) is 0 Å². The minimum atomic E-state index is -0.948. The summed E-state index contributed by atoms with van der Waals surface area (Å²) in [5.41, 5.74) is 0.0522. The first-order valence-electron chi connectivity index (χ1n) is 5.66. The van der Waals surface area contributed by atoms with E-state index in [9.17, 15) is 9.59 Å². The highest BCUT2D eigenvalue weighted by atomic mass is 16.4. The maximum atomic E-state index is 11.8. The number of allylic oxidation sites excluding steroid dienone is 1. The zero-order chi connectivity index (χ0) is 13.8. The number of nitrogens with one attached hydrogen (secondary N) is 1. The van der Waals surface area contributed by atoms with Crippen molar-refractivity contribution in [3.8, 4) is 0 Å². The Morgan fingerprint density at radius 1 is 1.56 bits per heavy atom. The summed E-state index contributed by atoms with van der Waals surface area (Å²) < 4.78 is 0. The van der Waals surface area contributed by atoms with Crippen molar-refractivity contribution < 1.29 is 14.7 Å². The summed E-state index contributed by atoms with van der Waals surface area (Å²) in [5.74, 6) is -1.18. The first-order chi connectivity index (χ1) is 8.35. The van der Waals surface area contributed by atoms with Crippen molar-refractivity contribution in [2.75, 3.05) is 6.54 Å². The van der Waals surface area contributed by atoms with Crippen LogP contribution in [0.4, 0.5) is 0 Å². The number of azo groups is 1. The Morgan fingerprint density at radius 2 is 2.22 bits per heavy atom. The predicted octanol–water partition coefficient (Wildman–Crippen LogP) is 1.65. The van der Waals surface area contributed by atoms with Crippen LogP contribution in [0.15, 0.2) is 33.7 Å². The molecule has 0 aliphatic carbocycles. The number of nitrogens with zero attached hydrogens (tertiary/aromatic N) is 2. The van der Waals surface area contributed by atoms with E-state index < -0.39 is 11.5 Å². The molecule has 0 aromatic rings. The van der Waals surface area contributed by atoms with Gasteiger partial charge in [0.15, 0.2) is 5.54 Å². The van der Waals surface area contributed by atoms with Gasteiger partial charge in [0.2, 0.25) is 0 Å². The van der Waals surface area contributed by atoms with E-state index in [-0.39, 0.29) is 11.5 Å². The second kappa shape index (κ2) is 5.57. The Morgan fingerprint density at radius 3 is 2.72 bits per heavy atom. The number of carboxylic acids is 1. The topological polar surface area (TPSA) is 91.1 Å². The Bertz CT molecular complexity index is 451. The highest BCUT2D eigenvalue weighted by Crippen LogP contribution is 2.23. The molecular weight excluding hydrogens is 234 g/mol. The SMILES string of the molecule is CC1=CC(C)(C(=O)NCCC=C(C)C(=O)O)N=N1. The van der Waals surface area contributed by atoms with Gasteiger partial charge in [-0.05, 0) is 33.3 Å². The molecule has 1 aliphatic rings. The molecule has 1 rings (SSSR count). The smallest absolute Gasteiger partial charge is 0.330 e. The molecule has 0 aromatic carbocycles. The zero-order valence-corrected chi connectivity index (χ0v) is 10.7. The molecule has 6 heteroatoms. The van der Waals surface area contributed by atoms with Crippen LogP contribution >= 0.6 is 0 Å². The molecule has 1 atom stereocenters. The Hall–Kier alpha value is -1.98. The summed E-state index contributed by atoms with van der Waals surface area (Å²) in [6, 6.07) is 0. The van der Waals surface area contributed by atoms with Crippen LogP contribution in [0.25, 0.3) is 0 Å². The van der Waals surface area contributed by atoms with Crippen molar-refractivity contribution in [3.05, 3.63) is 23.4 Å². The second-order valence-electron chi connectivity index (χ2n) is 4.37. The molecule has 0 saturated heterocycles. The number of hydrogen-bond donors (Lipinski definition) is 2. The van der Waals surface area contributed by atoms with Gasteiger partial charge in [0.05, 0.1) is 5.70 Å². The fourth-order valence-electron chi connectivity index (χ4n) is 1.50. The fourth-order valence-corrected chi connectivity index (χ4v) is 1.50. The summed E-state index contributed by atoms with van der Waals surface area (Å²) in [5, 5.41) is 19.1. The molecule has 98 valence electrons. The van der Waals surface area contributed by atoms with Crippen LogP contribution in [-0.4, -0.2) is 29.1 Å². The molecule has 6 nitrogen and oxygen atoms in total. The van der Waals surface area contributed by atoms with Gasteiger partial charge < -0.3 is 10.4 Å². The van der Waals surface area contributed by atoms with Crippen LogP contribution < -0.4 is 5.32 Å². The van der Waals surface area contributed by atoms with E-state index in [2.05, 4.69) is 15.5 Å². The lowest BCUT2D eigenvalue weighted by Crippen LogP contribution is -2.41. The van der Waals surface area contributed by atoms with E-state index in [0.717, 1.165) is 0 Å². The molecule has 0 radical (unpaired) electrons. The maximum absolute atomic E-state index is 11.8. The van der Waals surface area contributed by atoms with Crippen LogP contribution in [0.5, 0.6) is 0 Å². The molecule has 0 aromatic heterocycles. The molecule has 0 bridgehead atoms. The number of amides is 1. The standard InChI is InChI=1S/C12H17N3O3/c1-8(10(16)17)5-4-6-13-11(18)12(3)7-9(2)14-15-12/h5,7H,4,6H2,1-3H3,(H,13,18)(H,16,17). The summed E-state index contributed by atoms with van der Waals surface area (Å²) in [6.45, 7) is 5.35. The second-order valence-corrected chi connectivity index (χ2v) is 4.37. The van der Waals surface area contributed by atoms with Crippen molar-refractivity contribution >= 4 is 11.9 Å². The van der Waals surface area contributed by atoms with Crippen molar-refractivity contribution in [2.45, 2.75) is 32.7 Å². The Labute approximate surface area is 105 Å². The summed E-state index contributed by atoms with van der Waals surface area (Å²) in [6.07, 6.45) is 3.74. The third-order valence-corrected chi connectivity index (χ3v) is 2.58. The van der Waals surface area contributed by atoms with Gasteiger partial charge in [-0.2, -0.15) is 10.2 Å². The van der Waals surface area contributed by atoms with Crippen LogP contribution in [-0.2, 0) is 9.59 Å². The third kappa shape index (κ3) is 3.51. The lowest BCUT2D eigenvalue weighted by molar-refractivity contribution is -0.132. The van der Waals surface area contributed by atoms with Gasteiger partial charge in [-0.25, -0.2) is 4.79 Å². The van der Waals surface area contributed by atoms with Crippen molar-refractivity contribution in [1.82, 2.24) is 5.32 Å². The molecule has 18 heavy (non-hydrogen) atoms. The average molecular weight is 251 g/mol. The van der Waals surface area contributed by atoms with Crippen molar-refractivity contribution in [1.29, 1.82) is 0 Å². The van der Waals surface area contributed by atoms with Gasteiger partial charge >= 0.3 is 5.97 Å². The minimum Gasteiger partial charge on any atom is -0.478 e. The molecule has 0 fully saturated rings. The number of carboxylic acid groups (broad SMARTS) is 1. The summed E-state index contributed by atoms with van der Waals surface area (Å²) >= 11 is 0. The predicted molar refractivity (Wildman–Crippen MR) is 66.0 cm³/mol. The van der Waals surface area contributed by atoms with Gasteiger partial charge in [-0.1, -0.05) is 6.08 Å². The van der Waals surface area contributed by atoms with E-state index in [1.165, 1.54) is 6.92 Å². The van der Waals surface area contributed by atoms with E-state index >= 15 is 0 Å². The molecule has 2 N–H and O–H groups in total. The molecule has 0 saturated carbocycles. The third-order valence-electron chi connectivity index (χ3n) is 2.58. The number of rotatable bonds is 5. The Balaban J connectivity index is 2.42. The molecule has 1 unspecified atom stereocenters. The number of hydrogen-bond acceptors (Lipinski definition) is 4. The van der Waals surface area contributed by atoms with Gasteiger partial charge in [0, 0.05) is 12.1 Å². The van der Waals surface area contributed by atoms with E-state index in [1.54, 1.807) is 26.0 Å². The number of aliphatic carboxylic acids is 1. The highest BCUT2D eigenvalue weighted by molar-refractivity contribution is 5.88. The van der Waals surface area contributed by atoms with Crippen LogP contribution in [0, 0.1) is 0 Å². The largest absolute Gasteiger partial charge is 0.478 e. The lowest BCUT2D eigenvalue weighted by Gasteiger charge is -2.15. The molecule has 1 aliphatic heterocycles. The number of carbonyl (C=O) groups is 2. The zero-order valence-electron chi connectivity index (χ0n) is 10.7.